The number of amides is 1. The number of nitrogens with one attached hydrogen (secondary N) is 1. The predicted molar refractivity (Wildman–Crippen MR) is 117 cm³/mol. The van der Waals surface area contributed by atoms with Crippen LogP contribution in [0.15, 0.2) is 36.4 Å². The van der Waals surface area contributed by atoms with Gasteiger partial charge in [0.25, 0.3) is 11.6 Å². The van der Waals surface area contributed by atoms with E-state index in [1.54, 1.807) is 0 Å². The molecule has 0 radical (unpaired) electrons. The average Bonchev–Trinajstić information content (AvgIpc) is 2.68. The standard InChI is InChI=1S/C24H25ClN2O3/c1-14-6-18(24-11-15-7-16(12-24)9-17(8-15)13-24)2-4-21(14)26-23(28)20-10-19(25)3-5-22(20)27(29)30/h2-6,10,15-17H,7-9,11-13H2,1H3,(H,26,28). The van der Waals surface area contributed by atoms with Gasteiger partial charge in [-0.05, 0) is 97.9 Å². The van der Waals surface area contributed by atoms with E-state index in [9.17, 15) is 14.9 Å². The topological polar surface area (TPSA) is 72.2 Å². The van der Waals surface area contributed by atoms with Crippen molar-refractivity contribution in [2.75, 3.05) is 5.32 Å². The maximum absolute atomic E-state index is 12.8. The quantitative estimate of drug-likeness (QED) is 0.463. The summed E-state index contributed by atoms with van der Waals surface area (Å²) < 4.78 is 0. The molecule has 1 amide bonds. The second-order valence-corrected chi connectivity index (χ2v) is 10.0. The van der Waals surface area contributed by atoms with Gasteiger partial charge >= 0.3 is 0 Å². The molecule has 6 rings (SSSR count). The summed E-state index contributed by atoms with van der Waals surface area (Å²) in [7, 11) is 0. The minimum Gasteiger partial charge on any atom is -0.322 e. The number of nitro benzene ring substituents is 1. The molecule has 0 aliphatic heterocycles. The number of nitrogens with zero attached hydrogens (tertiary/aromatic N) is 1. The van der Waals surface area contributed by atoms with Crippen LogP contribution in [-0.4, -0.2) is 10.8 Å². The second-order valence-electron chi connectivity index (χ2n) is 9.60. The van der Waals surface area contributed by atoms with Crippen LogP contribution in [0.5, 0.6) is 0 Å². The Morgan fingerprint density at radius 2 is 1.70 bits per heavy atom. The van der Waals surface area contributed by atoms with Crippen LogP contribution in [0.2, 0.25) is 5.02 Å². The Labute approximate surface area is 181 Å². The number of rotatable bonds is 4. The van der Waals surface area contributed by atoms with Crippen LogP contribution in [0.1, 0.15) is 60.0 Å². The van der Waals surface area contributed by atoms with Crippen molar-refractivity contribution in [3.63, 3.8) is 0 Å². The molecule has 4 aliphatic carbocycles. The van der Waals surface area contributed by atoms with E-state index < -0.39 is 10.8 Å². The van der Waals surface area contributed by atoms with E-state index >= 15 is 0 Å². The first kappa shape index (κ1) is 19.6. The molecule has 4 bridgehead atoms. The summed E-state index contributed by atoms with van der Waals surface area (Å²) >= 11 is 5.97. The largest absolute Gasteiger partial charge is 0.322 e. The third kappa shape index (κ3) is 3.29. The second kappa shape index (κ2) is 7.09. The molecule has 1 N–H and O–H groups in total. The fourth-order valence-electron chi connectivity index (χ4n) is 6.64. The number of halogens is 1. The summed E-state index contributed by atoms with van der Waals surface area (Å²) in [6.07, 6.45) is 8.09. The maximum atomic E-state index is 12.8. The number of nitro groups is 1. The highest BCUT2D eigenvalue weighted by molar-refractivity contribution is 6.31. The van der Waals surface area contributed by atoms with Gasteiger partial charge in [0.2, 0.25) is 0 Å². The summed E-state index contributed by atoms with van der Waals surface area (Å²) in [5.74, 6) is 2.10. The zero-order valence-corrected chi connectivity index (χ0v) is 17.7. The van der Waals surface area contributed by atoms with Crippen LogP contribution < -0.4 is 5.32 Å². The molecular weight excluding hydrogens is 400 g/mol. The van der Waals surface area contributed by atoms with Crippen molar-refractivity contribution in [2.45, 2.75) is 50.9 Å². The summed E-state index contributed by atoms with van der Waals surface area (Å²) in [5, 5.41) is 14.4. The van der Waals surface area contributed by atoms with Crippen LogP contribution in [0.4, 0.5) is 11.4 Å². The molecule has 0 unspecified atom stereocenters. The van der Waals surface area contributed by atoms with Crippen LogP contribution >= 0.6 is 11.6 Å². The molecule has 2 aromatic carbocycles. The number of benzene rings is 2. The number of aryl methyl sites for hydroxylation is 1. The lowest BCUT2D eigenvalue weighted by Gasteiger charge is -2.57. The molecule has 30 heavy (non-hydrogen) atoms. The fraction of sp³-hybridized carbons (Fsp3) is 0.458. The molecule has 0 aromatic heterocycles. The van der Waals surface area contributed by atoms with Gasteiger partial charge in [0.05, 0.1) is 4.92 Å². The third-order valence-corrected chi connectivity index (χ3v) is 7.76. The first-order chi connectivity index (χ1) is 14.3. The van der Waals surface area contributed by atoms with E-state index in [-0.39, 0.29) is 11.3 Å². The number of hydrogen-bond acceptors (Lipinski definition) is 3. The molecule has 4 saturated carbocycles. The highest BCUT2D eigenvalue weighted by Gasteiger charge is 2.51. The van der Waals surface area contributed by atoms with E-state index in [0.717, 1.165) is 23.3 Å². The number of anilines is 1. The van der Waals surface area contributed by atoms with Crippen LogP contribution in [-0.2, 0) is 5.41 Å². The van der Waals surface area contributed by atoms with Crippen molar-refractivity contribution in [3.8, 4) is 0 Å². The smallest absolute Gasteiger partial charge is 0.282 e. The molecule has 0 heterocycles. The zero-order chi connectivity index (χ0) is 21.0. The lowest BCUT2D eigenvalue weighted by atomic mass is 9.48. The molecule has 6 heteroatoms. The highest BCUT2D eigenvalue weighted by Crippen LogP contribution is 2.60. The number of carbonyl (C=O) groups is 1. The summed E-state index contributed by atoms with van der Waals surface area (Å²) in [6.45, 7) is 1.99. The van der Waals surface area contributed by atoms with Gasteiger partial charge in [-0.1, -0.05) is 23.7 Å². The summed E-state index contributed by atoms with van der Waals surface area (Å²) in [5.41, 5.74) is 3.08. The fourth-order valence-corrected chi connectivity index (χ4v) is 6.81. The van der Waals surface area contributed by atoms with Gasteiger partial charge in [-0.15, -0.1) is 0 Å². The summed E-state index contributed by atoms with van der Waals surface area (Å²) in [4.78, 5) is 23.5. The Morgan fingerprint density at radius 1 is 1.07 bits per heavy atom. The van der Waals surface area contributed by atoms with Crippen molar-refractivity contribution in [3.05, 3.63) is 68.2 Å². The minimum absolute atomic E-state index is 0.0305. The molecule has 0 saturated heterocycles. The van der Waals surface area contributed by atoms with Gasteiger partial charge in [-0.3, -0.25) is 14.9 Å². The van der Waals surface area contributed by atoms with E-state index in [2.05, 4.69) is 17.4 Å². The molecule has 0 spiro atoms. The lowest BCUT2D eigenvalue weighted by Crippen LogP contribution is -2.48. The molecule has 4 fully saturated rings. The maximum Gasteiger partial charge on any atom is 0.282 e. The van der Waals surface area contributed by atoms with Crippen LogP contribution in [0.25, 0.3) is 0 Å². The third-order valence-electron chi connectivity index (χ3n) is 7.53. The SMILES string of the molecule is Cc1cc(C23CC4CC(CC(C4)C2)C3)ccc1NC(=O)c1cc(Cl)ccc1[N+](=O)[O-]. The lowest BCUT2D eigenvalue weighted by molar-refractivity contribution is -0.385. The molecule has 0 atom stereocenters. The van der Waals surface area contributed by atoms with Gasteiger partial charge in [-0.25, -0.2) is 0 Å². The Balaban J connectivity index is 1.41. The molecule has 2 aromatic rings. The number of carbonyl (C=O) groups excluding carboxylic acids is 1. The average molecular weight is 425 g/mol. The van der Waals surface area contributed by atoms with Crippen molar-refractivity contribution < 1.29 is 9.72 Å². The molecule has 4 aliphatic rings. The van der Waals surface area contributed by atoms with E-state index in [4.69, 9.17) is 11.6 Å². The van der Waals surface area contributed by atoms with E-state index in [1.807, 2.05) is 13.0 Å². The van der Waals surface area contributed by atoms with Crippen LogP contribution in [0.3, 0.4) is 0 Å². The highest BCUT2D eigenvalue weighted by atomic mass is 35.5. The van der Waals surface area contributed by atoms with Crippen LogP contribution in [0, 0.1) is 34.8 Å². The Bertz CT molecular complexity index is 1010. The van der Waals surface area contributed by atoms with Crippen molar-refractivity contribution >= 4 is 28.9 Å². The predicted octanol–water partition coefficient (Wildman–Crippen LogP) is 6.28. The van der Waals surface area contributed by atoms with Gasteiger partial charge in [0, 0.05) is 16.8 Å². The van der Waals surface area contributed by atoms with E-state index in [1.165, 1.54) is 62.3 Å². The normalized spacial score (nSPS) is 29.1. The molecule has 5 nitrogen and oxygen atoms in total. The zero-order valence-electron chi connectivity index (χ0n) is 17.0. The van der Waals surface area contributed by atoms with Crippen molar-refractivity contribution in [1.82, 2.24) is 0 Å². The Kier molecular flexibility index (Phi) is 4.62. The van der Waals surface area contributed by atoms with Gasteiger partial charge in [0.15, 0.2) is 0 Å². The first-order valence-electron chi connectivity index (χ1n) is 10.7. The van der Waals surface area contributed by atoms with Crippen molar-refractivity contribution in [1.29, 1.82) is 0 Å². The van der Waals surface area contributed by atoms with Crippen molar-refractivity contribution in [2.24, 2.45) is 17.8 Å². The van der Waals surface area contributed by atoms with Gasteiger partial charge < -0.3 is 5.32 Å². The Hall–Kier alpha value is -2.40. The van der Waals surface area contributed by atoms with E-state index in [0.29, 0.717) is 16.1 Å². The Morgan fingerprint density at radius 3 is 2.27 bits per heavy atom. The van der Waals surface area contributed by atoms with Gasteiger partial charge in [0.1, 0.15) is 5.56 Å². The first-order valence-corrected chi connectivity index (χ1v) is 11.1. The van der Waals surface area contributed by atoms with Gasteiger partial charge in [-0.2, -0.15) is 0 Å². The molecular formula is C24H25ClN2O3. The summed E-state index contributed by atoms with van der Waals surface area (Å²) in [6, 6.07) is 10.4. The number of hydrogen-bond donors (Lipinski definition) is 1. The monoisotopic (exact) mass is 424 g/mol. The minimum atomic E-state index is -0.561. The molecule has 156 valence electrons.